The second-order valence-electron chi connectivity index (χ2n) is 10.3. The topological polar surface area (TPSA) is 76.2 Å². The number of nitrogens with zero attached hydrogens (tertiary/aromatic N) is 2. The minimum atomic E-state index is -0.860. The van der Waals surface area contributed by atoms with E-state index < -0.39 is 17.7 Å². The quantitative estimate of drug-likeness (QED) is 0.445. The first-order valence-electron chi connectivity index (χ1n) is 11.8. The van der Waals surface area contributed by atoms with Crippen LogP contribution in [-0.2, 0) is 23.9 Å². The minimum absolute atomic E-state index is 0.00944. The fraction of sp³-hybridized carbons (Fsp3) is 0.640. The molecule has 0 N–H and O–H groups in total. The standard InChI is InChI=1S/C25H31ClN2O5/c1-32-22(33-2)14-27(24(31)25-11-15-7-16(12-25)9-17(8-15)13-25)20-10-21(29)28(23(20)30)19-5-3-18(26)4-6-19/h3-6,15-17,20,22H,7-14H2,1-2H3. The summed E-state index contributed by atoms with van der Waals surface area (Å²) in [6, 6.07) is 5.74. The predicted octanol–water partition coefficient (Wildman–Crippen LogP) is 3.64. The third kappa shape index (κ3) is 3.98. The smallest absolute Gasteiger partial charge is 0.257 e. The number of anilines is 1. The zero-order valence-electron chi connectivity index (χ0n) is 19.2. The zero-order chi connectivity index (χ0) is 23.3. The Morgan fingerprint density at radius 2 is 1.61 bits per heavy atom. The molecule has 4 saturated carbocycles. The highest BCUT2D eigenvalue weighted by Crippen LogP contribution is 2.60. The molecule has 0 spiro atoms. The first-order chi connectivity index (χ1) is 15.8. The highest BCUT2D eigenvalue weighted by atomic mass is 35.5. The maximum absolute atomic E-state index is 14.2. The maximum atomic E-state index is 14.2. The van der Waals surface area contributed by atoms with Crippen molar-refractivity contribution in [3.8, 4) is 0 Å². The molecule has 6 rings (SSSR count). The second kappa shape index (κ2) is 8.67. The van der Waals surface area contributed by atoms with E-state index in [1.54, 1.807) is 29.2 Å². The Morgan fingerprint density at radius 3 is 2.12 bits per heavy atom. The van der Waals surface area contributed by atoms with E-state index in [-0.39, 0.29) is 30.7 Å². The normalized spacial score (nSPS) is 32.8. The number of amides is 3. The van der Waals surface area contributed by atoms with Crippen molar-refractivity contribution in [3.63, 3.8) is 0 Å². The molecule has 3 amide bonds. The number of ether oxygens (including phenoxy) is 2. The van der Waals surface area contributed by atoms with Crippen molar-refractivity contribution in [2.75, 3.05) is 25.7 Å². The Labute approximate surface area is 199 Å². The largest absolute Gasteiger partial charge is 0.354 e. The Balaban J connectivity index is 1.45. The van der Waals surface area contributed by atoms with E-state index in [1.807, 2.05) is 0 Å². The van der Waals surface area contributed by atoms with E-state index in [0.717, 1.165) is 19.3 Å². The molecule has 1 heterocycles. The van der Waals surface area contributed by atoms with E-state index >= 15 is 0 Å². The van der Waals surface area contributed by atoms with Gasteiger partial charge >= 0.3 is 0 Å². The van der Waals surface area contributed by atoms with Crippen LogP contribution in [0.1, 0.15) is 44.9 Å². The van der Waals surface area contributed by atoms with Gasteiger partial charge in [0.05, 0.1) is 24.1 Å². The van der Waals surface area contributed by atoms with Gasteiger partial charge in [0.1, 0.15) is 6.04 Å². The summed E-state index contributed by atoms with van der Waals surface area (Å²) in [6.45, 7) is 0.117. The lowest BCUT2D eigenvalue weighted by molar-refractivity contribution is -0.172. The lowest BCUT2D eigenvalue weighted by Crippen LogP contribution is -2.59. The van der Waals surface area contributed by atoms with Crippen LogP contribution in [-0.4, -0.2) is 55.7 Å². The number of hydrogen-bond acceptors (Lipinski definition) is 5. The number of hydrogen-bond donors (Lipinski definition) is 0. The van der Waals surface area contributed by atoms with Gasteiger partial charge in [-0.3, -0.25) is 14.4 Å². The van der Waals surface area contributed by atoms with E-state index in [1.165, 1.54) is 38.4 Å². The summed E-state index contributed by atoms with van der Waals surface area (Å²) in [5.74, 6) is 1.07. The molecule has 1 aromatic rings. The molecule has 1 aromatic carbocycles. The molecule has 1 unspecified atom stereocenters. The molecule has 33 heavy (non-hydrogen) atoms. The summed E-state index contributed by atoms with van der Waals surface area (Å²) in [5, 5.41) is 0.524. The molecule has 5 aliphatic rings. The van der Waals surface area contributed by atoms with Gasteiger partial charge in [-0.15, -0.1) is 0 Å². The van der Waals surface area contributed by atoms with Crippen LogP contribution < -0.4 is 4.90 Å². The fourth-order valence-electron chi connectivity index (χ4n) is 7.16. The van der Waals surface area contributed by atoms with Crippen molar-refractivity contribution in [3.05, 3.63) is 29.3 Å². The Kier molecular flexibility index (Phi) is 6.00. The summed E-state index contributed by atoms with van der Waals surface area (Å²) in [7, 11) is 3.03. The first-order valence-corrected chi connectivity index (χ1v) is 12.2. The minimum Gasteiger partial charge on any atom is -0.354 e. The van der Waals surface area contributed by atoms with Crippen molar-refractivity contribution in [2.24, 2.45) is 23.2 Å². The third-order valence-electron chi connectivity index (χ3n) is 8.21. The van der Waals surface area contributed by atoms with Gasteiger partial charge in [0, 0.05) is 19.2 Å². The third-order valence-corrected chi connectivity index (χ3v) is 8.46. The van der Waals surface area contributed by atoms with Gasteiger partial charge < -0.3 is 14.4 Å². The van der Waals surface area contributed by atoms with E-state index in [4.69, 9.17) is 21.1 Å². The van der Waals surface area contributed by atoms with Crippen LogP contribution in [0.4, 0.5) is 5.69 Å². The number of benzene rings is 1. The number of carbonyl (C=O) groups excluding carboxylic acids is 3. The summed E-state index contributed by atoms with van der Waals surface area (Å²) in [6.07, 6.45) is 5.59. The number of halogens is 1. The number of methoxy groups -OCH3 is 2. The van der Waals surface area contributed by atoms with Crippen molar-refractivity contribution in [1.29, 1.82) is 0 Å². The second-order valence-corrected chi connectivity index (χ2v) is 10.8. The molecule has 4 aliphatic carbocycles. The maximum Gasteiger partial charge on any atom is 0.257 e. The lowest BCUT2D eigenvalue weighted by Gasteiger charge is -2.57. The van der Waals surface area contributed by atoms with Crippen molar-refractivity contribution in [1.82, 2.24) is 4.90 Å². The van der Waals surface area contributed by atoms with Crippen LogP contribution in [0.15, 0.2) is 24.3 Å². The Hall–Kier alpha value is -1.96. The lowest BCUT2D eigenvalue weighted by atomic mass is 9.49. The molecule has 1 atom stereocenters. The number of imide groups is 1. The Bertz CT molecular complexity index is 909. The highest BCUT2D eigenvalue weighted by molar-refractivity contribution is 6.30. The molecule has 0 radical (unpaired) electrons. The highest BCUT2D eigenvalue weighted by Gasteiger charge is 2.57. The zero-order valence-corrected chi connectivity index (χ0v) is 19.9. The molecule has 0 aromatic heterocycles. The first kappa shape index (κ1) is 22.8. The van der Waals surface area contributed by atoms with Crippen molar-refractivity contribution in [2.45, 2.75) is 57.3 Å². The molecule has 1 saturated heterocycles. The van der Waals surface area contributed by atoms with Gasteiger partial charge in [0.2, 0.25) is 11.8 Å². The summed E-state index contributed by atoms with van der Waals surface area (Å²) in [4.78, 5) is 43.5. The summed E-state index contributed by atoms with van der Waals surface area (Å²) in [5.41, 5.74) is 0.0341. The molecule has 8 heteroatoms. The van der Waals surface area contributed by atoms with Crippen molar-refractivity contribution >= 4 is 35.0 Å². The molecular formula is C25H31ClN2O5. The van der Waals surface area contributed by atoms with Gasteiger partial charge in [0.25, 0.3) is 5.91 Å². The van der Waals surface area contributed by atoms with Crippen molar-refractivity contribution < 1.29 is 23.9 Å². The number of rotatable bonds is 7. The van der Waals surface area contributed by atoms with Crippen LogP contribution in [0.3, 0.4) is 0 Å². The van der Waals surface area contributed by atoms with Crippen LogP contribution in [0.25, 0.3) is 0 Å². The van der Waals surface area contributed by atoms with Gasteiger partial charge in [-0.25, -0.2) is 4.90 Å². The molecular weight excluding hydrogens is 444 g/mol. The Morgan fingerprint density at radius 1 is 1.06 bits per heavy atom. The molecule has 5 fully saturated rings. The van der Waals surface area contributed by atoms with Crippen LogP contribution >= 0.6 is 11.6 Å². The molecule has 7 nitrogen and oxygen atoms in total. The number of carbonyl (C=O) groups is 3. The fourth-order valence-corrected chi connectivity index (χ4v) is 7.28. The summed E-state index contributed by atoms with van der Waals surface area (Å²) >= 11 is 5.98. The van der Waals surface area contributed by atoms with E-state index in [0.29, 0.717) is 28.5 Å². The van der Waals surface area contributed by atoms with Gasteiger partial charge in [-0.2, -0.15) is 0 Å². The SMILES string of the molecule is COC(CN(C(=O)C12CC3CC(CC(C3)C1)C2)C1CC(=O)N(c2ccc(Cl)cc2)C1=O)OC. The molecule has 4 bridgehead atoms. The van der Waals surface area contributed by atoms with Crippen LogP contribution in [0, 0.1) is 23.2 Å². The monoisotopic (exact) mass is 474 g/mol. The van der Waals surface area contributed by atoms with Gasteiger partial charge in [0.15, 0.2) is 6.29 Å². The van der Waals surface area contributed by atoms with Gasteiger partial charge in [-0.05, 0) is 80.5 Å². The van der Waals surface area contributed by atoms with Crippen LogP contribution in [0.2, 0.25) is 5.02 Å². The van der Waals surface area contributed by atoms with Gasteiger partial charge in [-0.1, -0.05) is 11.6 Å². The summed E-state index contributed by atoms with van der Waals surface area (Å²) < 4.78 is 10.8. The average molecular weight is 475 g/mol. The molecule has 1 aliphatic heterocycles. The van der Waals surface area contributed by atoms with E-state index in [9.17, 15) is 14.4 Å². The van der Waals surface area contributed by atoms with E-state index in [2.05, 4.69) is 0 Å². The average Bonchev–Trinajstić information content (AvgIpc) is 3.08. The molecule has 178 valence electrons. The van der Waals surface area contributed by atoms with Crippen LogP contribution in [0.5, 0.6) is 0 Å². The predicted molar refractivity (Wildman–Crippen MR) is 122 cm³/mol.